The SMILES string of the molecule is CC(C)c1cc(-c2ccccc2)cc(-c2ccccc2)c1N.CC(C)c1cc(Br)cc(-c2ccccc2)c1N.OB(O)c1ccccc1. The zero-order valence-corrected chi connectivity index (χ0v) is 29.6. The quantitative estimate of drug-likeness (QED) is 0.103. The van der Waals surface area contributed by atoms with E-state index in [0.29, 0.717) is 17.3 Å². The maximum Gasteiger partial charge on any atom is 0.488 e. The van der Waals surface area contributed by atoms with Gasteiger partial charge in [-0.3, -0.25) is 0 Å². The Balaban J connectivity index is 0.000000177. The highest BCUT2D eigenvalue weighted by Crippen LogP contribution is 2.37. The molecule has 0 aliphatic carbocycles. The van der Waals surface area contributed by atoms with Crippen molar-refractivity contribution in [1.82, 2.24) is 0 Å². The summed E-state index contributed by atoms with van der Waals surface area (Å²) < 4.78 is 1.08. The van der Waals surface area contributed by atoms with E-state index in [0.717, 1.165) is 32.5 Å². The number of hydrogen-bond acceptors (Lipinski definition) is 4. The van der Waals surface area contributed by atoms with Gasteiger partial charge in [-0.1, -0.05) is 165 Å². The minimum Gasteiger partial charge on any atom is -0.423 e. The van der Waals surface area contributed by atoms with E-state index < -0.39 is 7.12 Å². The Morgan fingerprint density at radius 3 is 1.25 bits per heavy atom. The van der Waals surface area contributed by atoms with E-state index >= 15 is 0 Å². The molecule has 4 nitrogen and oxygen atoms in total. The lowest BCUT2D eigenvalue weighted by Gasteiger charge is -2.17. The van der Waals surface area contributed by atoms with E-state index in [1.54, 1.807) is 24.3 Å². The molecule has 6 heteroatoms. The van der Waals surface area contributed by atoms with Crippen LogP contribution >= 0.6 is 15.9 Å². The van der Waals surface area contributed by atoms with Gasteiger partial charge in [-0.25, -0.2) is 0 Å². The first-order valence-electron chi connectivity index (χ1n) is 16.2. The third kappa shape index (κ3) is 9.71. The van der Waals surface area contributed by atoms with E-state index in [1.807, 2.05) is 36.4 Å². The normalized spacial score (nSPS) is 10.5. The second kappa shape index (κ2) is 17.5. The molecular formula is C42H44BBrN2O2. The van der Waals surface area contributed by atoms with E-state index in [-0.39, 0.29) is 0 Å². The van der Waals surface area contributed by atoms with Crippen molar-refractivity contribution in [3.8, 4) is 33.4 Å². The first-order valence-corrected chi connectivity index (χ1v) is 17.0. The molecule has 6 N–H and O–H groups in total. The lowest BCUT2D eigenvalue weighted by atomic mass is 9.81. The number of hydrogen-bond donors (Lipinski definition) is 4. The number of nitrogen functional groups attached to an aromatic ring is 2. The molecule has 0 heterocycles. The number of rotatable bonds is 6. The van der Waals surface area contributed by atoms with Gasteiger partial charge >= 0.3 is 7.12 Å². The highest BCUT2D eigenvalue weighted by molar-refractivity contribution is 9.10. The summed E-state index contributed by atoms with van der Waals surface area (Å²) in [6.07, 6.45) is 0. The van der Waals surface area contributed by atoms with Crippen LogP contribution in [-0.4, -0.2) is 17.2 Å². The largest absolute Gasteiger partial charge is 0.488 e. The van der Waals surface area contributed by atoms with Crippen LogP contribution < -0.4 is 16.9 Å². The average molecular weight is 700 g/mol. The Labute approximate surface area is 294 Å². The summed E-state index contributed by atoms with van der Waals surface area (Å²) in [5.74, 6) is 0.820. The van der Waals surface area contributed by atoms with Crippen molar-refractivity contribution in [2.75, 3.05) is 11.5 Å². The molecule has 244 valence electrons. The summed E-state index contributed by atoms with van der Waals surface area (Å²) in [4.78, 5) is 0. The van der Waals surface area contributed by atoms with E-state index in [1.165, 1.54) is 27.8 Å². The fourth-order valence-electron chi connectivity index (χ4n) is 5.41. The molecule has 0 fully saturated rings. The molecule has 0 amide bonds. The predicted octanol–water partition coefficient (Wildman–Crippen LogP) is 9.91. The van der Waals surface area contributed by atoms with Crippen molar-refractivity contribution in [3.05, 3.63) is 161 Å². The third-order valence-corrected chi connectivity index (χ3v) is 8.47. The monoisotopic (exact) mass is 698 g/mol. The van der Waals surface area contributed by atoms with Crippen LogP contribution in [0.3, 0.4) is 0 Å². The van der Waals surface area contributed by atoms with Crippen LogP contribution in [0.1, 0.15) is 50.7 Å². The third-order valence-electron chi connectivity index (χ3n) is 8.01. The van der Waals surface area contributed by atoms with Gasteiger partial charge in [0, 0.05) is 27.0 Å². The maximum atomic E-state index is 8.58. The molecule has 0 radical (unpaired) electrons. The summed E-state index contributed by atoms with van der Waals surface area (Å²) in [6, 6.07) is 48.4. The summed E-state index contributed by atoms with van der Waals surface area (Å²) in [5.41, 5.74) is 24.4. The first kappa shape index (κ1) is 36.2. The molecule has 0 unspecified atom stereocenters. The molecule has 0 aliphatic rings. The Bertz CT molecular complexity index is 1870. The predicted molar refractivity (Wildman–Crippen MR) is 210 cm³/mol. The Morgan fingerprint density at radius 1 is 0.479 bits per heavy atom. The van der Waals surface area contributed by atoms with Crippen molar-refractivity contribution in [3.63, 3.8) is 0 Å². The molecule has 0 atom stereocenters. The molecule has 6 aromatic rings. The summed E-state index contributed by atoms with van der Waals surface area (Å²) in [7, 11) is -1.34. The highest BCUT2D eigenvalue weighted by Gasteiger charge is 2.14. The van der Waals surface area contributed by atoms with Gasteiger partial charge < -0.3 is 21.5 Å². The first-order chi connectivity index (χ1) is 23.1. The molecule has 0 aliphatic heterocycles. The second-order valence-corrected chi connectivity index (χ2v) is 13.1. The van der Waals surface area contributed by atoms with Gasteiger partial charge in [0.2, 0.25) is 0 Å². The van der Waals surface area contributed by atoms with Crippen molar-refractivity contribution in [2.45, 2.75) is 39.5 Å². The molecule has 0 bridgehead atoms. The summed E-state index contributed by atoms with van der Waals surface area (Å²) in [5, 5.41) is 17.2. The van der Waals surface area contributed by atoms with Gasteiger partial charge in [-0.15, -0.1) is 0 Å². The molecule has 0 spiro atoms. The molecule has 6 aromatic carbocycles. The fraction of sp³-hybridized carbons (Fsp3) is 0.143. The van der Waals surface area contributed by atoms with Gasteiger partial charge in [-0.05, 0) is 74.9 Å². The fourth-order valence-corrected chi connectivity index (χ4v) is 5.88. The molecule has 6 rings (SSSR count). The van der Waals surface area contributed by atoms with Crippen LogP contribution in [0.5, 0.6) is 0 Å². The van der Waals surface area contributed by atoms with Gasteiger partial charge in [0.05, 0.1) is 0 Å². The standard InChI is InChI=1S/C21H21N.C15H16BrN.C6H7BO2/c1-15(2)19-13-18(16-9-5-3-6-10-16)14-20(21(19)22)17-11-7-4-8-12-17;1-10(2)13-8-12(16)9-14(15(13)17)11-6-4-3-5-7-11;8-7(9)6-4-2-1-3-5-6/h3-15H,22H2,1-2H3;3-10H,17H2,1-2H3;1-5,8-9H. The van der Waals surface area contributed by atoms with Crippen LogP contribution in [0, 0.1) is 0 Å². The molecule has 0 saturated carbocycles. The number of benzene rings is 6. The van der Waals surface area contributed by atoms with Gasteiger partial charge in [0.1, 0.15) is 0 Å². The van der Waals surface area contributed by atoms with Gasteiger partial charge in [0.15, 0.2) is 0 Å². The highest BCUT2D eigenvalue weighted by atomic mass is 79.9. The van der Waals surface area contributed by atoms with Crippen LogP contribution in [-0.2, 0) is 0 Å². The average Bonchev–Trinajstić information content (AvgIpc) is 3.11. The zero-order valence-electron chi connectivity index (χ0n) is 28.0. The molecular weight excluding hydrogens is 655 g/mol. The second-order valence-electron chi connectivity index (χ2n) is 12.2. The molecule has 48 heavy (non-hydrogen) atoms. The Kier molecular flexibility index (Phi) is 13.2. The van der Waals surface area contributed by atoms with Gasteiger partial charge in [0.25, 0.3) is 0 Å². The number of halogens is 1. The van der Waals surface area contributed by atoms with Crippen molar-refractivity contribution >= 4 is 39.9 Å². The van der Waals surface area contributed by atoms with Crippen molar-refractivity contribution in [2.24, 2.45) is 0 Å². The lowest BCUT2D eigenvalue weighted by molar-refractivity contribution is 0.426. The topological polar surface area (TPSA) is 92.5 Å². The van der Waals surface area contributed by atoms with Gasteiger partial charge in [-0.2, -0.15) is 0 Å². The minimum atomic E-state index is -1.34. The smallest absolute Gasteiger partial charge is 0.423 e. The Morgan fingerprint density at radius 2 is 0.854 bits per heavy atom. The van der Waals surface area contributed by atoms with Crippen LogP contribution in [0.15, 0.2) is 150 Å². The molecule has 0 saturated heterocycles. The van der Waals surface area contributed by atoms with E-state index in [2.05, 4.69) is 129 Å². The van der Waals surface area contributed by atoms with E-state index in [9.17, 15) is 0 Å². The Hall–Kier alpha value is -4.62. The molecule has 0 aromatic heterocycles. The summed E-state index contributed by atoms with van der Waals surface area (Å²) in [6.45, 7) is 8.70. The van der Waals surface area contributed by atoms with Crippen LogP contribution in [0.25, 0.3) is 33.4 Å². The maximum absolute atomic E-state index is 8.58. The van der Waals surface area contributed by atoms with Crippen molar-refractivity contribution in [1.29, 1.82) is 0 Å². The summed E-state index contributed by atoms with van der Waals surface area (Å²) >= 11 is 3.56. The zero-order chi connectivity index (χ0) is 34.6. The van der Waals surface area contributed by atoms with Crippen LogP contribution in [0.2, 0.25) is 0 Å². The number of nitrogens with two attached hydrogens (primary N) is 2. The minimum absolute atomic E-state index is 0.395. The van der Waals surface area contributed by atoms with Crippen LogP contribution in [0.4, 0.5) is 11.4 Å². The van der Waals surface area contributed by atoms with E-state index in [4.69, 9.17) is 21.5 Å². The number of anilines is 2. The van der Waals surface area contributed by atoms with Crippen molar-refractivity contribution < 1.29 is 10.0 Å². The lowest BCUT2D eigenvalue weighted by Crippen LogP contribution is -2.29.